The summed E-state index contributed by atoms with van der Waals surface area (Å²) in [5, 5.41) is 4.22. The third-order valence-corrected chi connectivity index (χ3v) is 9.11. The second-order valence-electron chi connectivity index (χ2n) is 11.1. The maximum absolute atomic E-state index is 15.2. The molecule has 1 unspecified atom stereocenters. The molecular formula is C23H37FN2O2. The molecule has 4 fully saturated rings. The molecule has 28 heavy (non-hydrogen) atoms. The number of Topliss-reactive ketones (excluding diaryl/α,β-unsaturated/α-hetero) is 1. The number of fused-ring (bicyclic) bond motifs is 5. The van der Waals surface area contributed by atoms with Gasteiger partial charge in [-0.05, 0) is 87.9 Å². The van der Waals surface area contributed by atoms with Crippen molar-refractivity contribution in [3.8, 4) is 0 Å². The van der Waals surface area contributed by atoms with E-state index in [0.29, 0.717) is 54.6 Å². The van der Waals surface area contributed by atoms with Gasteiger partial charge in [-0.3, -0.25) is 4.79 Å². The van der Waals surface area contributed by atoms with Crippen molar-refractivity contribution in [3.63, 3.8) is 0 Å². The van der Waals surface area contributed by atoms with Crippen LogP contribution >= 0.6 is 0 Å². The van der Waals surface area contributed by atoms with E-state index in [0.717, 1.165) is 32.1 Å². The summed E-state index contributed by atoms with van der Waals surface area (Å²) in [6.07, 6.45) is 6.36. The lowest BCUT2D eigenvalue weighted by molar-refractivity contribution is -0.138. The molecule has 4 saturated carbocycles. The summed E-state index contributed by atoms with van der Waals surface area (Å²) in [6.45, 7) is 8.64. The van der Waals surface area contributed by atoms with E-state index in [2.05, 4.69) is 19.0 Å². The Morgan fingerprint density at radius 3 is 2.68 bits per heavy atom. The van der Waals surface area contributed by atoms with Gasteiger partial charge in [-0.25, -0.2) is 4.39 Å². The number of halogens is 1. The molecule has 0 aromatic carbocycles. The zero-order valence-electron chi connectivity index (χ0n) is 18.0. The van der Waals surface area contributed by atoms with Gasteiger partial charge in [0.15, 0.2) is 0 Å². The van der Waals surface area contributed by atoms with Gasteiger partial charge in [0, 0.05) is 18.4 Å². The lowest BCUT2D eigenvalue weighted by atomic mass is 9.45. The van der Waals surface area contributed by atoms with Crippen LogP contribution in [0.4, 0.5) is 4.39 Å². The summed E-state index contributed by atoms with van der Waals surface area (Å²) in [5.74, 6) is 2.58. The minimum atomic E-state index is -1.04. The molecule has 0 amide bonds. The van der Waals surface area contributed by atoms with Gasteiger partial charge in [0.05, 0.1) is 5.71 Å². The normalized spacial score (nSPS) is 47.4. The monoisotopic (exact) mass is 392 g/mol. The SMILES string of the molecule is CC(C)(CN)O/N=C1\CC2CC[C@@H]3[C@H](CC[C@]4(C)C(=O)CC[C@@H]34)[C@@]2(C)C[C@H]1F. The van der Waals surface area contributed by atoms with E-state index < -0.39 is 11.8 Å². The van der Waals surface area contributed by atoms with Crippen molar-refractivity contribution in [2.45, 2.75) is 90.8 Å². The van der Waals surface area contributed by atoms with Crippen molar-refractivity contribution in [1.29, 1.82) is 0 Å². The third-order valence-electron chi connectivity index (χ3n) is 9.11. The second-order valence-corrected chi connectivity index (χ2v) is 11.1. The highest BCUT2D eigenvalue weighted by Crippen LogP contribution is 2.65. The third kappa shape index (κ3) is 3.03. The van der Waals surface area contributed by atoms with Crippen molar-refractivity contribution in [3.05, 3.63) is 0 Å². The topological polar surface area (TPSA) is 64.7 Å². The molecule has 2 N–H and O–H groups in total. The molecule has 4 aliphatic rings. The molecule has 7 atom stereocenters. The highest BCUT2D eigenvalue weighted by Gasteiger charge is 2.61. The number of alkyl halides is 1. The molecule has 5 heteroatoms. The van der Waals surface area contributed by atoms with Gasteiger partial charge in [0.25, 0.3) is 0 Å². The number of hydrogen-bond acceptors (Lipinski definition) is 4. The molecular weight excluding hydrogens is 355 g/mol. The first kappa shape index (κ1) is 20.3. The lowest BCUT2D eigenvalue weighted by Crippen LogP contribution is -2.55. The van der Waals surface area contributed by atoms with Crippen molar-refractivity contribution in [1.82, 2.24) is 0 Å². The summed E-state index contributed by atoms with van der Waals surface area (Å²) in [5.41, 5.74) is 5.62. The quantitative estimate of drug-likeness (QED) is 0.711. The maximum Gasteiger partial charge on any atom is 0.144 e. The summed E-state index contributed by atoms with van der Waals surface area (Å²) in [6, 6.07) is 0. The van der Waals surface area contributed by atoms with Crippen LogP contribution in [0.25, 0.3) is 0 Å². The molecule has 0 aromatic heterocycles. The number of hydrogen-bond donors (Lipinski definition) is 1. The fourth-order valence-corrected chi connectivity index (χ4v) is 7.16. The first-order chi connectivity index (χ1) is 13.1. The fourth-order valence-electron chi connectivity index (χ4n) is 7.16. The summed E-state index contributed by atoms with van der Waals surface area (Å²) < 4.78 is 15.2. The first-order valence-electron chi connectivity index (χ1n) is 11.2. The Morgan fingerprint density at radius 1 is 1.21 bits per heavy atom. The second kappa shape index (κ2) is 6.78. The molecule has 0 heterocycles. The molecule has 0 spiro atoms. The van der Waals surface area contributed by atoms with Crippen LogP contribution in [0, 0.1) is 34.5 Å². The summed E-state index contributed by atoms with van der Waals surface area (Å²) in [4.78, 5) is 18.1. The molecule has 4 nitrogen and oxygen atoms in total. The van der Waals surface area contributed by atoms with Gasteiger partial charge in [-0.15, -0.1) is 0 Å². The van der Waals surface area contributed by atoms with Crippen LogP contribution in [-0.4, -0.2) is 29.8 Å². The van der Waals surface area contributed by atoms with Gasteiger partial charge in [0.2, 0.25) is 0 Å². The van der Waals surface area contributed by atoms with E-state index in [-0.39, 0.29) is 10.8 Å². The van der Waals surface area contributed by atoms with Crippen LogP contribution in [0.15, 0.2) is 5.16 Å². The Morgan fingerprint density at radius 2 is 1.96 bits per heavy atom. The Balaban J connectivity index is 1.54. The number of ketones is 1. The van der Waals surface area contributed by atoms with E-state index in [1.54, 1.807) is 0 Å². The van der Waals surface area contributed by atoms with Crippen molar-refractivity contribution in [2.24, 2.45) is 45.4 Å². The highest BCUT2D eigenvalue weighted by atomic mass is 19.1. The minimum absolute atomic E-state index is 0.0116. The van der Waals surface area contributed by atoms with E-state index in [4.69, 9.17) is 10.6 Å². The number of rotatable bonds is 3. The molecule has 158 valence electrons. The van der Waals surface area contributed by atoms with Gasteiger partial charge in [-0.1, -0.05) is 19.0 Å². The molecule has 4 rings (SSSR count). The van der Waals surface area contributed by atoms with E-state index >= 15 is 4.39 Å². The molecule has 0 saturated heterocycles. The Bertz CT molecular complexity index is 678. The standard InChI is InChI=1S/C23H37FN2O2/c1-21(2,13-25)28-26-19-11-14-5-6-15-16-7-8-20(27)22(16,3)10-9-17(15)23(14,4)12-18(19)24/h14-18H,5-13,25H2,1-4H3/b26-19+/t14?,15-,16-,17-,18+,22-,23-/m0/s1. The Hall–Kier alpha value is -0.970. The van der Waals surface area contributed by atoms with Gasteiger partial charge in [-0.2, -0.15) is 0 Å². The Kier molecular flexibility index (Phi) is 4.92. The highest BCUT2D eigenvalue weighted by molar-refractivity contribution is 5.89. The van der Waals surface area contributed by atoms with Crippen LogP contribution in [0.2, 0.25) is 0 Å². The van der Waals surface area contributed by atoms with E-state index in [1.165, 1.54) is 6.42 Å². The van der Waals surface area contributed by atoms with E-state index in [9.17, 15) is 4.79 Å². The molecule has 0 aromatic rings. The number of carbonyl (C=O) groups excluding carboxylic acids is 1. The minimum Gasteiger partial charge on any atom is -0.388 e. The van der Waals surface area contributed by atoms with Crippen LogP contribution in [0.3, 0.4) is 0 Å². The largest absolute Gasteiger partial charge is 0.388 e. The van der Waals surface area contributed by atoms with Crippen LogP contribution < -0.4 is 5.73 Å². The lowest BCUT2D eigenvalue weighted by Gasteiger charge is -2.59. The van der Waals surface area contributed by atoms with Gasteiger partial charge < -0.3 is 10.6 Å². The smallest absolute Gasteiger partial charge is 0.144 e. The zero-order valence-corrected chi connectivity index (χ0v) is 18.0. The first-order valence-corrected chi connectivity index (χ1v) is 11.2. The molecule has 0 aliphatic heterocycles. The fraction of sp³-hybridized carbons (Fsp3) is 0.913. The average Bonchev–Trinajstić information content (AvgIpc) is 2.95. The van der Waals surface area contributed by atoms with Crippen LogP contribution in [0.5, 0.6) is 0 Å². The summed E-state index contributed by atoms with van der Waals surface area (Å²) in [7, 11) is 0. The zero-order chi connectivity index (χ0) is 20.3. The van der Waals surface area contributed by atoms with Crippen molar-refractivity contribution >= 4 is 11.5 Å². The van der Waals surface area contributed by atoms with Crippen LogP contribution in [-0.2, 0) is 9.63 Å². The van der Waals surface area contributed by atoms with Gasteiger partial charge >= 0.3 is 0 Å². The number of nitrogens with zero attached hydrogens (tertiary/aromatic N) is 1. The van der Waals surface area contributed by atoms with Gasteiger partial charge in [0.1, 0.15) is 17.6 Å². The molecule has 0 bridgehead atoms. The summed E-state index contributed by atoms with van der Waals surface area (Å²) >= 11 is 0. The predicted molar refractivity (Wildman–Crippen MR) is 109 cm³/mol. The number of carbonyl (C=O) groups is 1. The predicted octanol–water partition coefficient (Wildman–Crippen LogP) is 4.66. The average molecular weight is 393 g/mol. The van der Waals surface area contributed by atoms with Crippen molar-refractivity contribution < 1.29 is 14.0 Å². The van der Waals surface area contributed by atoms with Crippen molar-refractivity contribution in [2.75, 3.05) is 6.54 Å². The maximum atomic E-state index is 15.2. The van der Waals surface area contributed by atoms with Crippen LogP contribution in [0.1, 0.15) is 79.1 Å². The number of nitrogens with two attached hydrogens (primary N) is 1. The number of oxime groups is 1. The Labute approximate surface area is 168 Å². The van der Waals surface area contributed by atoms with E-state index in [1.807, 2.05) is 13.8 Å². The molecule has 4 aliphatic carbocycles. The molecule has 0 radical (unpaired) electrons.